The van der Waals surface area contributed by atoms with E-state index in [0.717, 1.165) is 6.42 Å². The lowest BCUT2D eigenvalue weighted by molar-refractivity contribution is 1.23. The first-order valence-corrected chi connectivity index (χ1v) is 3.49. The maximum atomic E-state index is 3.48. The maximum Gasteiger partial charge on any atom is -0.0382 e. The molecule has 0 radical (unpaired) electrons. The highest BCUT2D eigenvalue weighted by Gasteiger charge is 1.45. The molecule has 0 aliphatic rings. The molecule has 0 aliphatic heterocycles. The van der Waals surface area contributed by atoms with Crippen LogP contribution in [0.15, 0.2) is 38.0 Å². The Balaban J connectivity index is -0.0000000325. The molecule has 0 saturated heterocycles. The third-order valence-electron chi connectivity index (χ3n) is 0.289. The van der Waals surface area contributed by atoms with E-state index < -0.39 is 0 Å². The van der Waals surface area contributed by atoms with Gasteiger partial charge in [-0.15, -0.1) is 19.7 Å². The lowest BCUT2D eigenvalue weighted by atomic mass is 10.5. The van der Waals surface area contributed by atoms with E-state index in [4.69, 9.17) is 0 Å². The molecule has 0 bridgehead atoms. The number of allylic oxidation sites excluding steroid dienone is 3. The smallest absolute Gasteiger partial charge is 0.0382 e. The number of hydrogen-bond acceptors (Lipinski definition) is 0. The Morgan fingerprint density at radius 1 is 1.00 bits per heavy atom. The van der Waals surface area contributed by atoms with E-state index in [1.165, 1.54) is 0 Å². The molecule has 0 aromatic heterocycles. The molecule has 68 valence electrons. The van der Waals surface area contributed by atoms with Gasteiger partial charge in [0.15, 0.2) is 0 Å². The van der Waals surface area contributed by atoms with E-state index in [2.05, 4.69) is 26.7 Å². The molecule has 0 aromatic carbocycles. The summed E-state index contributed by atoms with van der Waals surface area (Å²) in [6, 6.07) is 0. The van der Waals surface area contributed by atoms with Crippen molar-refractivity contribution >= 4 is 0 Å². The maximum absolute atomic E-state index is 3.48. The highest BCUT2D eigenvalue weighted by molar-refractivity contribution is 4.60. The second-order valence-corrected chi connectivity index (χ2v) is 1.51. The van der Waals surface area contributed by atoms with Gasteiger partial charge in [0.1, 0.15) is 0 Å². The van der Waals surface area contributed by atoms with Gasteiger partial charge in [0.25, 0.3) is 0 Å². The number of hydrogen-bond donors (Lipinski definition) is 0. The van der Waals surface area contributed by atoms with Gasteiger partial charge in [-0.1, -0.05) is 32.6 Å². The normalized spacial score (nSPS) is 4.64. The molecule has 0 saturated carbocycles. The number of rotatable bonds is 1. The van der Waals surface area contributed by atoms with Crippen molar-refractivity contribution < 1.29 is 0 Å². The van der Waals surface area contributed by atoms with Crippen molar-refractivity contribution in [3.63, 3.8) is 0 Å². The largest absolute Gasteiger partial charge is 0.103 e. The molecule has 0 fully saturated rings. The second kappa shape index (κ2) is 60.1. The van der Waals surface area contributed by atoms with Crippen molar-refractivity contribution in [3.05, 3.63) is 38.0 Å². The quantitative estimate of drug-likeness (QED) is 0.487. The van der Waals surface area contributed by atoms with Crippen LogP contribution < -0.4 is 0 Å². The first-order valence-electron chi connectivity index (χ1n) is 3.49. The molecule has 11 heavy (non-hydrogen) atoms. The minimum Gasteiger partial charge on any atom is -0.103 e. The Hall–Kier alpha value is -0.780. The summed E-state index contributed by atoms with van der Waals surface area (Å²) in [5.41, 5.74) is 0. The zero-order valence-electron chi connectivity index (χ0n) is 7.56. The molecule has 0 aromatic rings. The van der Waals surface area contributed by atoms with Crippen LogP contribution in [-0.4, -0.2) is 0 Å². The average Bonchev–Trinajstić information content (AvgIpc) is 1.91. The van der Waals surface area contributed by atoms with Crippen molar-refractivity contribution in [2.75, 3.05) is 0 Å². The SMILES string of the molecule is C.C=CC.C=CC.C=CCC. The zero-order chi connectivity index (χ0) is 8.83. The van der Waals surface area contributed by atoms with Gasteiger partial charge in [-0.25, -0.2) is 0 Å². The van der Waals surface area contributed by atoms with Gasteiger partial charge < -0.3 is 0 Å². The van der Waals surface area contributed by atoms with Crippen LogP contribution in [0.3, 0.4) is 0 Å². The minimum absolute atomic E-state index is 0. The summed E-state index contributed by atoms with van der Waals surface area (Å²) in [6.45, 7) is 16.0. The predicted octanol–water partition coefficient (Wildman–Crippen LogP) is 4.60. The Morgan fingerprint density at radius 2 is 1.09 bits per heavy atom. The molecule has 0 heterocycles. The summed E-state index contributed by atoms with van der Waals surface area (Å²) in [5.74, 6) is 0. The van der Waals surface area contributed by atoms with Crippen molar-refractivity contribution in [1.29, 1.82) is 0 Å². The summed E-state index contributed by atoms with van der Waals surface area (Å²) < 4.78 is 0. The fourth-order valence-electron chi connectivity index (χ4n) is 0. The Kier molecular flexibility index (Phi) is 123. The third-order valence-corrected chi connectivity index (χ3v) is 0.289. The van der Waals surface area contributed by atoms with E-state index in [-0.39, 0.29) is 7.43 Å². The van der Waals surface area contributed by atoms with E-state index >= 15 is 0 Å². The van der Waals surface area contributed by atoms with Crippen molar-refractivity contribution in [3.8, 4) is 0 Å². The van der Waals surface area contributed by atoms with Crippen LogP contribution in [0.5, 0.6) is 0 Å². The lowest BCUT2D eigenvalue weighted by Gasteiger charge is -1.57. The highest BCUT2D eigenvalue weighted by atomic mass is 13.5. The molecule has 0 atom stereocenters. The van der Waals surface area contributed by atoms with Gasteiger partial charge in [-0.3, -0.25) is 0 Å². The first kappa shape index (κ1) is 22.5. The van der Waals surface area contributed by atoms with Crippen molar-refractivity contribution in [2.24, 2.45) is 0 Å². The molecule has 0 unspecified atom stereocenters. The molecule has 0 aliphatic carbocycles. The summed E-state index contributed by atoms with van der Waals surface area (Å²) >= 11 is 0. The molecule has 0 amide bonds. The molecule has 0 spiro atoms. The Morgan fingerprint density at radius 3 is 1.09 bits per heavy atom. The molecule has 0 rings (SSSR count). The van der Waals surface area contributed by atoms with Crippen LogP contribution in [0.4, 0.5) is 0 Å². The van der Waals surface area contributed by atoms with E-state index in [9.17, 15) is 0 Å². The summed E-state index contributed by atoms with van der Waals surface area (Å²) in [5, 5.41) is 0. The fourth-order valence-corrected chi connectivity index (χ4v) is 0. The molecule has 0 heteroatoms. The van der Waals surface area contributed by atoms with Crippen LogP contribution in [0, 0.1) is 0 Å². The highest BCUT2D eigenvalue weighted by Crippen LogP contribution is 1.66. The molecular formula is C11H24. The van der Waals surface area contributed by atoms with E-state index in [1.54, 1.807) is 12.2 Å². The van der Waals surface area contributed by atoms with Crippen LogP contribution in [0.2, 0.25) is 0 Å². The Labute approximate surface area is 73.3 Å². The topological polar surface area (TPSA) is 0 Å². The van der Waals surface area contributed by atoms with Gasteiger partial charge >= 0.3 is 0 Å². The molecular weight excluding hydrogens is 132 g/mol. The molecule has 0 N–H and O–H groups in total. The van der Waals surface area contributed by atoms with Crippen LogP contribution >= 0.6 is 0 Å². The van der Waals surface area contributed by atoms with Gasteiger partial charge in [-0.2, -0.15) is 0 Å². The summed E-state index contributed by atoms with van der Waals surface area (Å²) in [6.07, 6.45) is 6.46. The first-order chi connectivity index (χ1) is 4.74. The van der Waals surface area contributed by atoms with Gasteiger partial charge in [-0.05, 0) is 20.3 Å². The van der Waals surface area contributed by atoms with Gasteiger partial charge in [0, 0.05) is 0 Å². The van der Waals surface area contributed by atoms with Crippen LogP contribution in [0.25, 0.3) is 0 Å². The monoisotopic (exact) mass is 156 g/mol. The van der Waals surface area contributed by atoms with Crippen LogP contribution in [0.1, 0.15) is 34.6 Å². The lowest BCUT2D eigenvalue weighted by Crippen LogP contribution is -1.36. The van der Waals surface area contributed by atoms with Gasteiger partial charge in [0.05, 0.1) is 0 Å². The van der Waals surface area contributed by atoms with Crippen molar-refractivity contribution in [1.82, 2.24) is 0 Å². The second-order valence-electron chi connectivity index (χ2n) is 1.51. The summed E-state index contributed by atoms with van der Waals surface area (Å²) in [4.78, 5) is 0. The zero-order valence-corrected chi connectivity index (χ0v) is 7.56. The fraction of sp³-hybridized carbons (Fsp3) is 0.455. The predicted molar refractivity (Wildman–Crippen MR) is 59.0 cm³/mol. The average molecular weight is 156 g/mol. The summed E-state index contributed by atoms with van der Waals surface area (Å²) in [7, 11) is 0. The minimum atomic E-state index is 0. The van der Waals surface area contributed by atoms with E-state index in [0.29, 0.717) is 0 Å². The van der Waals surface area contributed by atoms with Crippen LogP contribution in [-0.2, 0) is 0 Å². The standard InChI is InChI=1S/C4H8.2C3H6.CH4/c1-3-4-2;2*1-3-2;/h3H,1,4H2,2H3;2*3H,1H2,2H3;1H4. The van der Waals surface area contributed by atoms with E-state index in [1.807, 2.05) is 19.9 Å². The van der Waals surface area contributed by atoms with Gasteiger partial charge in [0.2, 0.25) is 0 Å². The van der Waals surface area contributed by atoms with Crippen molar-refractivity contribution in [2.45, 2.75) is 34.6 Å². The third kappa shape index (κ3) is 9930. The Bertz CT molecular complexity index is 54.4. The molecule has 0 nitrogen and oxygen atoms in total.